The minimum Gasteiger partial charge on any atom is -0.465 e. The van der Waals surface area contributed by atoms with E-state index in [0.29, 0.717) is 5.56 Å². The van der Waals surface area contributed by atoms with Crippen LogP contribution in [0, 0.1) is 6.92 Å². The highest BCUT2D eigenvalue weighted by atomic mass is 16.5. The van der Waals surface area contributed by atoms with Crippen molar-refractivity contribution >= 4 is 16.9 Å². The van der Waals surface area contributed by atoms with Crippen molar-refractivity contribution in [1.29, 1.82) is 0 Å². The molecule has 0 aliphatic rings. The van der Waals surface area contributed by atoms with Crippen LogP contribution in [0.4, 0.5) is 0 Å². The summed E-state index contributed by atoms with van der Waals surface area (Å²) in [7, 11) is 1.36. The molecule has 0 saturated heterocycles. The van der Waals surface area contributed by atoms with Gasteiger partial charge in [-0.25, -0.2) is 4.79 Å². The lowest BCUT2D eigenvalue weighted by Gasteiger charge is -2.02. The van der Waals surface area contributed by atoms with Gasteiger partial charge in [0.05, 0.1) is 18.2 Å². The summed E-state index contributed by atoms with van der Waals surface area (Å²) < 4.78 is 4.64. The fourth-order valence-electron chi connectivity index (χ4n) is 1.48. The highest BCUT2D eigenvalue weighted by Crippen LogP contribution is 2.15. The van der Waals surface area contributed by atoms with Crippen LogP contribution in [-0.4, -0.2) is 18.1 Å². The first-order chi connectivity index (χ1) is 7.20. The Hall–Kier alpha value is -1.90. The number of carbonyl (C=O) groups excluding carboxylic acids is 1. The van der Waals surface area contributed by atoms with Gasteiger partial charge in [-0.3, -0.25) is 4.98 Å². The second-order valence-electron chi connectivity index (χ2n) is 3.41. The molecule has 2 aromatic rings. The molecule has 0 aliphatic carbocycles. The Labute approximate surface area is 87.7 Å². The van der Waals surface area contributed by atoms with Crippen LogP contribution < -0.4 is 0 Å². The zero-order valence-corrected chi connectivity index (χ0v) is 8.65. The molecule has 0 fully saturated rings. The number of hydrogen-bond acceptors (Lipinski definition) is 3. The summed E-state index contributed by atoms with van der Waals surface area (Å²) in [5, 5.41) is 0.956. The first-order valence-electron chi connectivity index (χ1n) is 4.65. The van der Waals surface area contributed by atoms with Crippen molar-refractivity contribution in [3.05, 3.63) is 41.6 Å². The summed E-state index contributed by atoms with van der Waals surface area (Å²) in [4.78, 5) is 15.5. The topological polar surface area (TPSA) is 39.2 Å². The zero-order valence-electron chi connectivity index (χ0n) is 8.65. The first kappa shape index (κ1) is 9.65. The van der Waals surface area contributed by atoms with Crippen molar-refractivity contribution in [3.63, 3.8) is 0 Å². The van der Waals surface area contributed by atoms with Gasteiger partial charge in [-0.2, -0.15) is 0 Å². The Bertz CT molecular complexity index is 520. The van der Waals surface area contributed by atoms with E-state index >= 15 is 0 Å². The number of esters is 1. The molecule has 76 valence electrons. The van der Waals surface area contributed by atoms with Gasteiger partial charge in [0, 0.05) is 11.6 Å². The van der Waals surface area contributed by atoms with Gasteiger partial charge in [-0.1, -0.05) is 11.6 Å². The smallest absolute Gasteiger partial charge is 0.339 e. The lowest BCUT2D eigenvalue weighted by Crippen LogP contribution is -2.01. The highest BCUT2D eigenvalue weighted by Gasteiger charge is 2.06. The summed E-state index contributed by atoms with van der Waals surface area (Å²) in [5.74, 6) is -0.356. The van der Waals surface area contributed by atoms with Crippen LogP contribution in [0.15, 0.2) is 30.5 Å². The maximum absolute atomic E-state index is 11.3. The number of benzene rings is 1. The second kappa shape index (κ2) is 3.69. The summed E-state index contributed by atoms with van der Waals surface area (Å²) in [6, 6.07) is 7.72. The molecule has 1 heterocycles. The van der Waals surface area contributed by atoms with E-state index in [1.807, 2.05) is 25.1 Å². The Balaban J connectivity index is 2.59. The highest BCUT2D eigenvalue weighted by molar-refractivity contribution is 5.93. The Morgan fingerprint density at radius 2 is 2.13 bits per heavy atom. The average Bonchev–Trinajstić information content (AvgIpc) is 2.27. The molecule has 0 aliphatic heterocycles. The molecular formula is C12H11NO2. The van der Waals surface area contributed by atoms with Crippen molar-refractivity contribution in [2.24, 2.45) is 0 Å². The number of rotatable bonds is 1. The number of hydrogen-bond donors (Lipinski definition) is 0. The normalized spacial score (nSPS) is 10.3. The van der Waals surface area contributed by atoms with Gasteiger partial charge in [0.1, 0.15) is 0 Å². The fourth-order valence-corrected chi connectivity index (χ4v) is 1.48. The Morgan fingerprint density at radius 1 is 1.33 bits per heavy atom. The SMILES string of the molecule is COC(=O)c1cnc2ccc(C)cc2c1. The third kappa shape index (κ3) is 1.81. The van der Waals surface area contributed by atoms with Crippen LogP contribution >= 0.6 is 0 Å². The van der Waals surface area contributed by atoms with Gasteiger partial charge >= 0.3 is 5.97 Å². The monoisotopic (exact) mass is 201 g/mol. The van der Waals surface area contributed by atoms with E-state index in [9.17, 15) is 4.79 Å². The number of carbonyl (C=O) groups is 1. The van der Waals surface area contributed by atoms with Gasteiger partial charge < -0.3 is 4.74 Å². The Morgan fingerprint density at radius 3 is 2.87 bits per heavy atom. The van der Waals surface area contributed by atoms with E-state index < -0.39 is 0 Å². The molecule has 0 spiro atoms. The molecule has 3 nitrogen and oxygen atoms in total. The van der Waals surface area contributed by atoms with E-state index in [4.69, 9.17) is 0 Å². The molecular weight excluding hydrogens is 190 g/mol. The van der Waals surface area contributed by atoms with E-state index in [0.717, 1.165) is 16.5 Å². The van der Waals surface area contributed by atoms with Crippen molar-refractivity contribution in [2.45, 2.75) is 6.92 Å². The molecule has 3 heteroatoms. The minimum atomic E-state index is -0.356. The quantitative estimate of drug-likeness (QED) is 0.665. The summed E-state index contributed by atoms with van der Waals surface area (Å²) in [6.07, 6.45) is 1.53. The maximum atomic E-state index is 11.3. The third-order valence-corrected chi connectivity index (χ3v) is 2.26. The van der Waals surface area contributed by atoms with Crippen molar-refractivity contribution in [3.8, 4) is 0 Å². The molecule has 1 aromatic carbocycles. The second-order valence-corrected chi connectivity index (χ2v) is 3.41. The predicted octanol–water partition coefficient (Wildman–Crippen LogP) is 2.33. The van der Waals surface area contributed by atoms with Crippen LogP contribution in [0.5, 0.6) is 0 Å². The summed E-state index contributed by atoms with van der Waals surface area (Å²) in [6.45, 7) is 2.00. The fraction of sp³-hybridized carbons (Fsp3) is 0.167. The van der Waals surface area contributed by atoms with Gasteiger partial charge in [0.2, 0.25) is 0 Å². The van der Waals surface area contributed by atoms with Gasteiger partial charge in [-0.05, 0) is 25.1 Å². The van der Waals surface area contributed by atoms with Crippen LogP contribution in [0.25, 0.3) is 10.9 Å². The number of methoxy groups -OCH3 is 1. The number of ether oxygens (including phenoxy) is 1. The molecule has 0 radical (unpaired) electrons. The Kier molecular flexibility index (Phi) is 2.37. The van der Waals surface area contributed by atoms with Crippen LogP contribution in [0.3, 0.4) is 0 Å². The molecule has 2 rings (SSSR count). The summed E-state index contributed by atoms with van der Waals surface area (Å²) >= 11 is 0. The maximum Gasteiger partial charge on any atom is 0.339 e. The van der Waals surface area contributed by atoms with Gasteiger partial charge in [0.25, 0.3) is 0 Å². The summed E-state index contributed by atoms with van der Waals surface area (Å²) in [5.41, 5.74) is 2.51. The number of nitrogens with zero attached hydrogens (tertiary/aromatic N) is 1. The van der Waals surface area contributed by atoms with Crippen molar-refractivity contribution in [1.82, 2.24) is 4.98 Å². The predicted molar refractivity (Wildman–Crippen MR) is 57.8 cm³/mol. The third-order valence-electron chi connectivity index (χ3n) is 2.26. The lowest BCUT2D eigenvalue weighted by atomic mass is 10.1. The molecule has 0 atom stereocenters. The first-order valence-corrected chi connectivity index (χ1v) is 4.65. The largest absolute Gasteiger partial charge is 0.465 e. The molecule has 0 amide bonds. The average molecular weight is 201 g/mol. The van der Waals surface area contributed by atoms with Crippen LogP contribution in [-0.2, 0) is 4.74 Å². The van der Waals surface area contributed by atoms with Gasteiger partial charge in [-0.15, -0.1) is 0 Å². The van der Waals surface area contributed by atoms with Gasteiger partial charge in [0.15, 0.2) is 0 Å². The lowest BCUT2D eigenvalue weighted by molar-refractivity contribution is 0.0600. The number of pyridine rings is 1. The van der Waals surface area contributed by atoms with E-state index in [2.05, 4.69) is 9.72 Å². The molecule has 0 saturated carbocycles. The molecule has 0 unspecified atom stereocenters. The number of fused-ring (bicyclic) bond motifs is 1. The number of aryl methyl sites for hydroxylation is 1. The van der Waals surface area contributed by atoms with E-state index in [1.54, 1.807) is 6.07 Å². The minimum absolute atomic E-state index is 0.356. The molecule has 1 aromatic heterocycles. The number of aromatic nitrogens is 1. The van der Waals surface area contributed by atoms with Crippen LogP contribution in [0.1, 0.15) is 15.9 Å². The zero-order chi connectivity index (χ0) is 10.8. The molecule has 0 N–H and O–H groups in total. The molecule has 15 heavy (non-hydrogen) atoms. The standard InChI is InChI=1S/C12H11NO2/c1-8-3-4-11-9(5-8)6-10(7-13-11)12(14)15-2/h3-7H,1-2H3. The van der Waals surface area contributed by atoms with Crippen molar-refractivity contribution < 1.29 is 9.53 Å². The van der Waals surface area contributed by atoms with Crippen molar-refractivity contribution in [2.75, 3.05) is 7.11 Å². The van der Waals surface area contributed by atoms with E-state index in [-0.39, 0.29) is 5.97 Å². The molecule has 0 bridgehead atoms. The van der Waals surface area contributed by atoms with Crippen LogP contribution in [0.2, 0.25) is 0 Å². The van der Waals surface area contributed by atoms with E-state index in [1.165, 1.54) is 13.3 Å².